The maximum atomic E-state index is 12.8. The fourth-order valence-electron chi connectivity index (χ4n) is 2.89. The smallest absolute Gasteiger partial charge is 0.340 e. The lowest BCUT2D eigenvalue weighted by Gasteiger charge is -2.05. The van der Waals surface area contributed by atoms with Crippen molar-refractivity contribution >= 4 is 45.9 Å². The number of benzene rings is 1. The molecule has 0 saturated carbocycles. The fourth-order valence-corrected chi connectivity index (χ4v) is 4.16. The highest BCUT2D eigenvalue weighted by Crippen LogP contribution is 2.31. The van der Waals surface area contributed by atoms with Crippen molar-refractivity contribution in [3.63, 3.8) is 0 Å². The van der Waals surface area contributed by atoms with Gasteiger partial charge in [-0.1, -0.05) is 37.1 Å². The average molecular weight is 455 g/mol. The fraction of sp³-hybridized carbons (Fsp3) is 0.182. The van der Waals surface area contributed by atoms with E-state index in [0.717, 1.165) is 23.3 Å². The van der Waals surface area contributed by atoms with Gasteiger partial charge in [0.25, 0.3) is 5.91 Å². The highest BCUT2D eigenvalue weighted by molar-refractivity contribution is 7.16. The maximum Gasteiger partial charge on any atom is 0.340 e. The summed E-state index contributed by atoms with van der Waals surface area (Å²) in [6, 6.07) is 10.7. The first kappa shape index (κ1) is 22.3. The number of nitrogens with one attached hydrogen (secondary N) is 2. The molecule has 0 aliphatic rings. The van der Waals surface area contributed by atoms with Crippen molar-refractivity contribution < 1.29 is 14.3 Å². The summed E-state index contributed by atoms with van der Waals surface area (Å²) in [5, 5.41) is 20.1. The maximum absolute atomic E-state index is 12.8. The van der Waals surface area contributed by atoms with Crippen LogP contribution in [0.25, 0.3) is 17.3 Å². The Bertz CT molecular complexity index is 1170. The van der Waals surface area contributed by atoms with Gasteiger partial charge in [0, 0.05) is 21.0 Å². The van der Waals surface area contributed by atoms with E-state index in [1.165, 1.54) is 30.7 Å². The molecule has 0 aliphatic heterocycles. The number of aryl methyl sites for hydroxylation is 1. The van der Waals surface area contributed by atoms with Crippen LogP contribution in [0.1, 0.15) is 34.1 Å². The molecule has 0 fully saturated rings. The monoisotopic (exact) mass is 454 g/mol. The highest BCUT2D eigenvalue weighted by Gasteiger charge is 2.20. The van der Waals surface area contributed by atoms with E-state index >= 15 is 0 Å². The van der Waals surface area contributed by atoms with Crippen molar-refractivity contribution in [2.75, 3.05) is 12.4 Å². The minimum Gasteiger partial charge on any atom is -0.465 e. The van der Waals surface area contributed by atoms with Gasteiger partial charge in [0.2, 0.25) is 0 Å². The van der Waals surface area contributed by atoms with Crippen LogP contribution >= 0.6 is 22.9 Å². The van der Waals surface area contributed by atoms with Crippen molar-refractivity contribution in [1.29, 1.82) is 5.26 Å². The number of carbonyl (C=O) groups excluding carboxylic acids is 2. The van der Waals surface area contributed by atoms with E-state index in [0.29, 0.717) is 21.3 Å². The lowest BCUT2D eigenvalue weighted by molar-refractivity contribution is -0.112. The minimum absolute atomic E-state index is 0.127. The van der Waals surface area contributed by atoms with E-state index in [2.05, 4.69) is 15.5 Å². The molecule has 9 heteroatoms. The molecule has 7 nitrogen and oxygen atoms in total. The molecule has 3 aromatic rings. The number of aromatic amines is 1. The van der Waals surface area contributed by atoms with Gasteiger partial charge in [0.1, 0.15) is 16.6 Å². The highest BCUT2D eigenvalue weighted by atomic mass is 35.5. The molecular weight excluding hydrogens is 436 g/mol. The number of ether oxygens (including phenoxy) is 1. The molecule has 2 N–H and O–H groups in total. The summed E-state index contributed by atoms with van der Waals surface area (Å²) in [4.78, 5) is 25.8. The predicted octanol–water partition coefficient (Wildman–Crippen LogP) is 5.08. The van der Waals surface area contributed by atoms with Crippen LogP contribution in [0, 0.1) is 11.3 Å². The van der Waals surface area contributed by atoms with Crippen LogP contribution in [0.15, 0.2) is 42.1 Å². The van der Waals surface area contributed by atoms with E-state index < -0.39 is 11.9 Å². The largest absolute Gasteiger partial charge is 0.465 e. The number of methoxy groups -OCH3 is 1. The number of hydrogen-bond acceptors (Lipinski definition) is 6. The molecule has 0 bridgehead atoms. The van der Waals surface area contributed by atoms with E-state index in [1.54, 1.807) is 18.2 Å². The lowest BCUT2D eigenvalue weighted by Crippen LogP contribution is -2.15. The Morgan fingerprint density at radius 1 is 1.35 bits per heavy atom. The van der Waals surface area contributed by atoms with Crippen molar-refractivity contribution in [2.45, 2.75) is 19.8 Å². The summed E-state index contributed by atoms with van der Waals surface area (Å²) < 4.78 is 4.81. The van der Waals surface area contributed by atoms with Gasteiger partial charge in [-0.05, 0) is 30.7 Å². The molecule has 31 heavy (non-hydrogen) atoms. The van der Waals surface area contributed by atoms with E-state index in [4.69, 9.17) is 16.3 Å². The number of carbonyl (C=O) groups is 2. The van der Waals surface area contributed by atoms with Crippen LogP contribution in [0.3, 0.4) is 0 Å². The zero-order valence-corrected chi connectivity index (χ0v) is 18.4. The molecule has 3 rings (SSSR count). The Kier molecular flexibility index (Phi) is 7.23. The number of nitriles is 1. The van der Waals surface area contributed by atoms with Crippen molar-refractivity contribution in [2.24, 2.45) is 0 Å². The summed E-state index contributed by atoms with van der Waals surface area (Å²) in [7, 11) is 1.28. The topological polar surface area (TPSA) is 108 Å². The van der Waals surface area contributed by atoms with E-state index in [9.17, 15) is 14.9 Å². The molecule has 0 atom stereocenters. The van der Waals surface area contributed by atoms with Crippen molar-refractivity contribution in [1.82, 2.24) is 10.2 Å². The summed E-state index contributed by atoms with van der Waals surface area (Å²) in [5.41, 5.74) is 2.17. The van der Waals surface area contributed by atoms with Gasteiger partial charge in [-0.2, -0.15) is 10.4 Å². The Morgan fingerprint density at radius 2 is 2.10 bits per heavy atom. The quantitative estimate of drug-likeness (QED) is 0.294. The zero-order chi connectivity index (χ0) is 22.4. The molecule has 1 aromatic carbocycles. The molecular formula is C22H19ClN4O3S. The lowest BCUT2D eigenvalue weighted by atomic mass is 10.1. The standard InChI is InChI=1S/C22H19ClN4O3S/c1-3-4-17-10-18(22(29)30-2)21(31-17)26-20(28)14(11-24)9-15-12-25-27-19(15)13-5-7-16(23)8-6-13/h5-10,12H,3-4H2,1-2H3,(H,25,27)(H,26,28)/b14-9+. The molecule has 158 valence electrons. The summed E-state index contributed by atoms with van der Waals surface area (Å²) >= 11 is 7.23. The normalized spacial score (nSPS) is 11.1. The minimum atomic E-state index is -0.624. The molecule has 2 aromatic heterocycles. The van der Waals surface area contributed by atoms with Crippen LogP contribution < -0.4 is 5.32 Å². The Balaban J connectivity index is 1.89. The van der Waals surface area contributed by atoms with Crippen molar-refractivity contribution in [3.05, 3.63) is 63.1 Å². The second kappa shape index (κ2) is 10.1. The van der Waals surface area contributed by atoms with Gasteiger partial charge in [0.15, 0.2) is 0 Å². The first-order valence-electron chi connectivity index (χ1n) is 9.40. The van der Waals surface area contributed by atoms with Gasteiger partial charge in [-0.15, -0.1) is 11.3 Å². The number of hydrogen-bond donors (Lipinski definition) is 2. The van der Waals surface area contributed by atoms with E-state index in [1.807, 2.05) is 25.1 Å². The number of nitrogens with zero attached hydrogens (tertiary/aromatic N) is 2. The van der Waals surface area contributed by atoms with Crippen LogP contribution in [0.5, 0.6) is 0 Å². The third-order valence-electron chi connectivity index (χ3n) is 4.38. The summed E-state index contributed by atoms with van der Waals surface area (Å²) in [6.45, 7) is 2.02. The van der Waals surface area contributed by atoms with Crippen LogP contribution in [-0.2, 0) is 16.0 Å². The third-order valence-corrected chi connectivity index (χ3v) is 5.74. The second-order valence-electron chi connectivity index (χ2n) is 6.53. The average Bonchev–Trinajstić information content (AvgIpc) is 3.39. The second-order valence-corrected chi connectivity index (χ2v) is 8.10. The molecule has 0 aliphatic carbocycles. The van der Waals surface area contributed by atoms with Crippen LogP contribution in [-0.4, -0.2) is 29.2 Å². The third kappa shape index (κ3) is 5.20. The van der Waals surface area contributed by atoms with Gasteiger partial charge in [-0.25, -0.2) is 4.79 Å². The SMILES string of the molecule is CCCc1cc(C(=O)OC)c(NC(=O)/C(C#N)=C/c2cn[nH]c2-c2ccc(Cl)cc2)s1. The van der Waals surface area contributed by atoms with Gasteiger partial charge >= 0.3 is 5.97 Å². The molecule has 0 spiro atoms. The van der Waals surface area contributed by atoms with Crippen LogP contribution in [0.4, 0.5) is 5.00 Å². The number of aromatic nitrogens is 2. The molecule has 2 heterocycles. The van der Waals surface area contributed by atoms with Gasteiger partial charge < -0.3 is 10.1 Å². The first-order valence-corrected chi connectivity index (χ1v) is 10.6. The first-order chi connectivity index (χ1) is 15.0. The van der Waals surface area contributed by atoms with Gasteiger partial charge in [0.05, 0.1) is 24.6 Å². The molecule has 0 saturated heterocycles. The number of halogens is 1. The summed E-state index contributed by atoms with van der Waals surface area (Å²) in [6.07, 6.45) is 4.64. The number of thiophene rings is 1. The van der Waals surface area contributed by atoms with Gasteiger partial charge in [-0.3, -0.25) is 9.89 Å². The number of anilines is 1. The van der Waals surface area contributed by atoms with Crippen LogP contribution in [0.2, 0.25) is 5.02 Å². The number of H-pyrrole nitrogens is 1. The number of amides is 1. The number of rotatable bonds is 7. The predicted molar refractivity (Wildman–Crippen MR) is 121 cm³/mol. The molecule has 0 radical (unpaired) electrons. The Morgan fingerprint density at radius 3 is 2.74 bits per heavy atom. The molecule has 1 amide bonds. The van der Waals surface area contributed by atoms with Crippen molar-refractivity contribution in [3.8, 4) is 17.3 Å². The molecule has 0 unspecified atom stereocenters. The summed E-state index contributed by atoms with van der Waals surface area (Å²) in [5.74, 6) is -1.17. The number of esters is 1. The Labute approximate surface area is 188 Å². The zero-order valence-electron chi connectivity index (χ0n) is 16.9. The van der Waals surface area contributed by atoms with E-state index in [-0.39, 0.29) is 11.1 Å². The Hall–Kier alpha value is -3.41.